The zero-order chi connectivity index (χ0) is 22.9. The number of rotatable bonds is 5. The average Bonchev–Trinajstić information content (AvgIpc) is 3.17. The molecule has 0 saturated heterocycles. The minimum atomic E-state index is 0.306. The Hall–Kier alpha value is -2.87. The van der Waals surface area contributed by atoms with Crippen LogP contribution in [0.1, 0.15) is 80.8 Å². The van der Waals surface area contributed by atoms with E-state index >= 15 is 0 Å². The highest BCUT2D eigenvalue weighted by atomic mass is 15.2. The number of anilines is 3. The molecule has 7 N–H and O–H groups in total. The maximum Gasteiger partial charge on any atom is 0.226 e. The molecule has 0 atom stereocenters. The van der Waals surface area contributed by atoms with Crippen LogP contribution in [0.2, 0.25) is 0 Å². The number of nitrogens with zero attached hydrogens (tertiary/aromatic N) is 4. The number of hydrogen-bond acceptors (Lipinski definition) is 7. The van der Waals surface area contributed by atoms with E-state index in [4.69, 9.17) is 27.2 Å². The maximum absolute atomic E-state index is 6.43. The molecule has 0 unspecified atom stereocenters. The van der Waals surface area contributed by atoms with Gasteiger partial charge in [-0.1, -0.05) is 37.0 Å². The van der Waals surface area contributed by atoms with Gasteiger partial charge in [0.15, 0.2) is 17.0 Å². The van der Waals surface area contributed by atoms with E-state index in [1.165, 1.54) is 24.8 Å². The topological polar surface area (TPSA) is 134 Å². The van der Waals surface area contributed by atoms with Gasteiger partial charge in [0.2, 0.25) is 5.95 Å². The Morgan fingerprint density at radius 3 is 2.48 bits per heavy atom. The van der Waals surface area contributed by atoms with Crippen molar-refractivity contribution in [1.29, 1.82) is 0 Å². The number of hydrogen-bond donors (Lipinski definition) is 4. The lowest BCUT2D eigenvalue weighted by Crippen LogP contribution is -2.33. The molecule has 0 spiro atoms. The molecule has 2 aromatic heterocycles. The van der Waals surface area contributed by atoms with E-state index in [9.17, 15) is 0 Å². The summed E-state index contributed by atoms with van der Waals surface area (Å²) in [5, 5.41) is 3.52. The van der Waals surface area contributed by atoms with Gasteiger partial charge in [0.05, 0.1) is 0 Å². The molecule has 2 heterocycles. The molecule has 8 heteroatoms. The van der Waals surface area contributed by atoms with Crippen molar-refractivity contribution >= 4 is 28.6 Å². The van der Waals surface area contributed by atoms with Gasteiger partial charge in [-0.05, 0) is 57.1 Å². The molecule has 2 aliphatic carbocycles. The minimum absolute atomic E-state index is 0.306. The van der Waals surface area contributed by atoms with Crippen LogP contribution in [0.25, 0.3) is 11.2 Å². The summed E-state index contributed by atoms with van der Waals surface area (Å²) < 4.78 is 2.33. The number of aryl methyl sites for hydroxylation is 1. The van der Waals surface area contributed by atoms with Gasteiger partial charge in [-0.15, -0.1) is 0 Å². The van der Waals surface area contributed by atoms with Gasteiger partial charge in [-0.3, -0.25) is 0 Å². The monoisotopic (exact) mass is 448 g/mol. The van der Waals surface area contributed by atoms with Gasteiger partial charge in [0, 0.05) is 30.2 Å². The molecule has 0 aliphatic heterocycles. The Morgan fingerprint density at radius 2 is 1.73 bits per heavy atom. The van der Waals surface area contributed by atoms with Crippen LogP contribution in [0.5, 0.6) is 0 Å². The van der Waals surface area contributed by atoms with Crippen molar-refractivity contribution in [2.24, 2.45) is 5.73 Å². The highest BCUT2D eigenvalue weighted by Crippen LogP contribution is 2.34. The number of nitrogens with two attached hydrogens (primary N) is 3. The first-order valence-electron chi connectivity index (χ1n) is 12.4. The predicted molar refractivity (Wildman–Crippen MR) is 134 cm³/mol. The molecule has 33 heavy (non-hydrogen) atoms. The van der Waals surface area contributed by atoms with Crippen LogP contribution < -0.4 is 22.5 Å². The van der Waals surface area contributed by atoms with Gasteiger partial charge in [0.1, 0.15) is 5.82 Å². The van der Waals surface area contributed by atoms with E-state index in [0.717, 1.165) is 61.2 Å². The summed E-state index contributed by atoms with van der Waals surface area (Å²) in [6.45, 7) is 2.09. The molecule has 2 aliphatic rings. The number of aromatic nitrogens is 4. The first kappa shape index (κ1) is 21.9. The minimum Gasteiger partial charge on any atom is -0.398 e. The van der Waals surface area contributed by atoms with E-state index in [1.807, 2.05) is 12.1 Å². The van der Waals surface area contributed by atoms with Crippen LogP contribution in [0, 0.1) is 6.92 Å². The van der Waals surface area contributed by atoms with Gasteiger partial charge < -0.3 is 27.1 Å². The summed E-state index contributed by atoms with van der Waals surface area (Å²) in [7, 11) is 0. The molecule has 0 bridgehead atoms. The summed E-state index contributed by atoms with van der Waals surface area (Å²) in [5.41, 5.74) is 23.4. The first-order chi connectivity index (χ1) is 16.0. The van der Waals surface area contributed by atoms with E-state index in [-0.39, 0.29) is 0 Å². The summed E-state index contributed by atoms with van der Waals surface area (Å²) in [4.78, 5) is 14.5. The van der Waals surface area contributed by atoms with E-state index in [1.54, 1.807) is 0 Å². The van der Waals surface area contributed by atoms with E-state index in [0.29, 0.717) is 41.8 Å². The summed E-state index contributed by atoms with van der Waals surface area (Å²) in [6.07, 6.45) is 10.8. The van der Waals surface area contributed by atoms with Crippen molar-refractivity contribution in [3.05, 3.63) is 35.2 Å². The maximum atomic E-state index is 6.43. The lowest BCUT2D eigenvalue weighted by molar-refractivity contribution is 0.352. The van der Waals surface area contributed by atoms with Crippen LogP contribution >= 0.6 is 0 Å². The highest BCUT2D eigenvalue weighted by Gasteiger charge is 2.26. The van der Waals surface area contributed by atoms with Crippen molar-refractivity contribution in [3.8, 4) is 0 Å². The Labute approximate surface area is 195 Å². The van der Waals surface area contributed by atoms with Crippen LogP contribution in [0.3, 0.4) is 0 Å². The number of nitrogens with one attached hydrogen (secondary N) is 1. The second-order valence-corrected chi connectivity index (χ2v) is 9.93. The second-order valence-electron chi connectivity index (χ2n) is 9.93. The Balaban J connectivity index is 1.54. The Kier molecular flexibility index (Phi) is 6.10. The quantitative estimate of drug-likeness (QED) is 0.432. The average molecular weight is 449 g/mol. The van der Waals surface area contributed by atoms with Crippen molar-refractivity contribution in [3.63, 3.8) is 0 Å². The third-order valence-corrected chi connectivity index (χ3v) is 7.33. The smallest absolute Gasteiger partial charge is 0.226 e. The van der Waals surface area contributed by atoms with Gasteiger partial charge >= 0.3 is 0 Å². The molecule has 2 saturated carbocycles. The Bertz CT molecular complexity index is 1120. The Morgan fingerprint density at radius 1 is 0.970 bits per heavy atom. The number of imidazole rings is 1. The summed E-state index contributed by atoms with van der Waals surface area (Å²) in [6, 6.07) is 7.18. The molecular formula is C25H36N8. The van der Waals surface area contributed by atoms with Crippen molar-refractivity contribution in [1.82, 2.24) is 19.5 Å². The SMILES string of the molecule is Cc1ccc(N)c(Cc2nc3c(N)nc(NC4CCC(N)CC4)nc3n2C2CCCCC2)c1. The zero-order valence-electron chi connectivity index (χ0n) is 19.6. The largest absolute Gasteiger partial charge is 0.398 e. The molecule has 1 aromatic carbocycles. The number of fused-ring (bicyclic) bond motifs is 1. The first-order valence-corrected chi connectivity index (χ1v) is 12.4. The van der Waals surface area contributed by atoms with Gasteiger partial charge in [-0.25, -0.2) is 4.98 Å². The fourth-order valence-electron chi connectivity index (χ4n) is 5.46. The van der Waals surface area contributed by atoms with E-state index in [2.05, 4.69) is 27.9 Å². The van der Waals surface area contributed by atoms with Gasteiger partial charge in [0.25, 0.3) is 0 Å². The van der Waals surface area contributed by atoms with Crippen molar-refractivity contribution < 1.29 is 0 Å². The van der Waals surface area contributed by atoms with Crippen LogP contribution in [-0.4, -0.2) is 31.6 Å². The summed E-state index contributed by atoms with van der Waals surface area (Å²) in [5.74, 6) is 2.00. The van der Waals surface area contributed by atoms with E-state index < -0.39 is 0 Å². The number of benzene rings is 1. The fourth-order valence-corrected chi connectivity index (χ4v) is 5.46. The molecule has 176 valence electrons. The molecule has 0 amide bonds. The molecule has 8 nitrogen and oxygen atoms in total. The lowest BCUT2D eigenvalue weighted by atomic mass is 9.92. The standard InChI is InChI=1S/C25H36N8/c1-15-7-12-20(27)16(13-15)14-21-30-22-23(28)31-25(29-18-10-8-17(26)9-11-18)32-24(22)33(21)19-5-3-2-4-6-19/h7,12-13,17-19H,2-6,8-11,14,26-27H2,1H3,(H3,28,29,31,32). The molecule has 5 rings (SSSR count). The lowest BCUT2D eigenvalue weighted by Gasteiger charge is -2.27. The third kappa shape index (κ3) is 4.62. The fraction of sp³-hybridized carbons (Fsp3) is 0.560. The predicted octanol–water partition coefficient (Wildman–Crippen LogP) is 4.08. The highest BCUT2D eigenvalue weighted by molar-refractivity contribution is 5.83. The molecular weight excluding hydrogens is 412 g/mol. The van der Waals surface area contributed by atoms with Crippen molar-refractivity contribution in [2.75, 3.05) is 16.8 Å². The van der Waals surface area contributed by atoms with Crippen molar-refractivity contribution in [2.45, 2.75) is 89.3 Å². The zero-order valence-corrected chi connectivity index (χ0v) is 19.6. The van der Waals surface area contributed by atoms with Gasteiger partial charge in [-0.2, -0.15) is 9.97 Å². The number of nitrogen functional groups attached to an aromatic ring is 2. The van der Waals surface area contributed by atoms with Crippen LogP contribution in [-0.2, 0) is 6.42 Å². The van der Waals surface area contributed by atoms with Crippen LogP contribution in [0.15, 0.2) is 18.2 Å². The molecule has 0 radical (unpaired) electrons. The van der Waals surface area contributed by atoms with Crippen LogP contribution in [0.4, 0.5) is 17.5 Å². The third-order valence-electron chi connectivity index (χ3n) is 7.33. The second kappa shape index (κ2) is 9.17. The molecule has 2 fully saturated rings. The summed E-state index contributed by atoms with van der Waals surface area (Å²) >= 11 is 0. The molecule has 3 aromatic rings. The normalized spacial score (nSPS) is 22.0.